The Kier molecular flexibility index (Phi) is 7.41. The van der Waals surface area contributed by atoms with Gasteiger partial charge in [-0.05, 0) is 5.56 Å². The Labute approximate surface area is 187 Å². The molecule has 1 aromatic heterocycles. The lowest BCUT2D eigenvalue weighted by atomic mass is 9.97. The molecule has 0 saturated carbocycles. The zero-order chi connectivity index (χ0) is 23.3. The van der Waals surface area contributed by atoms with Crippen LogP contribution < -0.4 is 16.0 Å². The van der Waals surface area contributed by atoms with Crippen molar-refractivity contribution in [1.82, 2.24) is 15.3 Å². The molecule has 0 radical (unpaired) electrons. The van der Waals surface area contributed by atoms with Gasteiger partial charge >= 0.3 is 0 Å². The Morgan fingerprint density at radius 3 is 2.41 bits per heavy atom. The maximum atomic E-state index is 11.9. The number of aromatic nitrogens is 2. The van der Waals surface area contributed by atoms with E-state index in [1.165, 1.54) is 6.92 Å². The number of rotatable bonds is 8. The van der Waals surface area contributed by atoms with Gasteiger partial charge in [-0.2, -0.15) is 0 Å². The lowest BCUT2D eigenvalue weighted by Gasteiger charge is -2.28. The molecular weight excluding hydrogens is 434 g/mol. The van der Waals surface area contributed by atoms with Crippen molar-refractivity contribution in [3.05, 3.63) is 41.6 Å². The number of morpholine rings is 1. The van der Waals surface area contributed by atoms with Crippen LogP contribution in [0.2, 0.25) is 0 Å². The van der Waals surface area contributed by atoms with Crippen LogP contribution in [0.15, 0.2) is 30.3 Å². The van der Waals surface area contributed by atoms with Gasteiger partial charge in [0.15, 0.2) is 15.7 Å². The molecule has 0 spiro atoms. The van der Waals surface area contributed by atoms with E-state index in [2.05, 4.69) is 15.3 Å². The van der Waals surface area contributed by atoms with E-state index in [1.807, 2.05) is 4.90 Å². The Hall–Kier alpha value is -3.05. The molecule has 1 aromatic carbocycles. The number of sulfone groups is 1. The second kappa shape index (κ2) is 10.0. The number of hydrogen-bond acceptors (Lipinski definition) is 8. The lowest BCUT2D eigenvalue weighted by molar-refractivity contribution is -0.120. The summed E-state index contributed by atoms with van der Waals surface area (Å²) < 4.78 is 29.1. The number of nitrogens with zero attached hydrogens (tertiary/aromatic N) is 3. The highest BCUT2D eigenvalue weighted by atomic mass is 32.2. The molecule has 1 fully saturated rings. The largest absolute Gasteiger partial charge is 0.378 e. The summed E-state index contributed by atoms with van der Waals surface area (Å²) in [5.74, 6) is -0.641. The maximum Gasteiger partial charge on any atom is 0.226 e. The third-order valence-corrected chi connectivity index (χ3v) is 5.80. The second-order valence-electron chi connectivity index (χ2n) is 7.72. The third-order valence-electron chi connectivity index (χ3n) is 4.98. The van der Waals surface area contributed by atoms with E-state index >= 15 is 0 Å². The molecule has 32 heavy (non-hydrogen) atoms. The molecule has 1 aliphatic heterocycles. The van der Waals surface area contributed by atoms with Crippen molar-refractivity contribution in [3.63, 3.8) is 0 Å². The molecule has 0 bridgehead atoms. The van der Waals surface area contributed by atoms with E-state index in [9.17, 15) is 18.0 Å². The molecule has 11 heteroatoms. The van der Waals surface area contributed by atoms with Gasteiger partial charge in [-0.15, -0.1) is 0 Å². The van der Waals surface area contributed by atoms with Crippen LogP contribution in [-0.2, 0) is 29.9 Å². The molecule has 0 aliphatic carbocycles. The Morgan fingerprint density at radius 2 is 1.84 bits per heavy atom. The molecule has 3 N–H and O–H groups in total. The van der Waals surface area contributed by atoms with Crippen LogP contribution in [0.4, 0.5) is 5.82 Å². The monoisotopic (exact) mass is 461 g/mol. The van der Waals surface area contributed by atoms with Crippen molar-refractivity contribution in [2.24, 2.45) is 5.73 Å². The van der Waals surface area contributed by atoms with E-state index in [0.717, 1.165) is 6.26 Å². The first-order chi connectivity index (χ1) is 15.1. The van der Waals surface area contributed by atoms with Gasteiger partial charge < -0.3 is 20.7 Å². The number of anilines is 1. The summed E-state index contributed by atoms with van der Waals surface area (Å²) in [4.78, 5) is 34.2. The first kappa shape index (κ1) is 23.6. The van der Waals surface area contributed by atoms with Crippen molar-refractivity contribution in [3.8, 4) is 11.4 Å². The van der Waals surface area contributed by atoms with Crippen LogP contribution in [0.3, 0.4) is 0 Å². The molecule has 1 atom stereocenters. The van der Waals surface area contributed by atoms with Gasteiger partial charge in [0.25, 0.3) is 0 Å². The average molecular weight is 462 g/mol. The van der Waals surface area contributed by atoms with E-state index in [4.69, 9.17) is 10.5 Å². The Bertz CT molecular complexity index is 1080. The zero-order valence-electron chi connectivity index (χ0n) is 18.1. The maximum absolute atomic E-state index is 11.9. The summed E-state index contributed by atoms with van der Waals surface area (Å²) >= 11 is 0. The predicted molar refractivity (Wildman–Crippen MR) is 120 cm³/mol. The number of carbonyl (C=O) groups is 2. The highest BCUT2D eigenvalue weighted by Crippen LogP contribution is 2.24. The van der Waals surface area contributed by atoms with Gasteiger partial charge in [0, 0.05) is 44.4 Å². The molecule has 2 aromatic rings. The van der Waals surface area contributed by atoms with E-state index < -0.39 is 21.7 Å². The van der Waals surface area contributed by atoms with E-state index in [-0.39, 0.29) is 18.2 Å². The van der Waals surface area contributed by atoms with Crippen molar-refractivity contribution < 1.29 is 22.7 Å². The molecule has 1 aliphatic rings. The van der Waals surface area contributed by atoms with Crippen molar-refractivity contribution >= 4 is 27.5 Å². The minimum atomic E-state index is -3.28. The molecule has 2 amide bonds. The number of benzene rings is 1. The van der Waals surface area contributed by atoms with Crippen molar-refractivity contribution in [2.75, 3.05) is 44.0 Å². The number of ether oxygens (including phenoxy) is 1. The Morgan fingerprint density at radius 1 is 1.19 bits per heavy atom. The van der Waals surface area contributed by atoms with Crippen molar-refractivity contribution in [1.29, 1.82) is 0 Å². The van der Waals surface area contributed by atoms with Gasteiger partial charge in [-0.1, -0.05) is 24.3 Å². The summed E-state index contributed by atoms with van der Waals surface area (Å²) in [7, 11) is -3.28. The van der Waals surface area contributed by atoms with Gasteiger partial charge in [-0.3, -0.25) is 9.59 Å². The molecule has 172 valence electrons. The fraction of sp³-hybridized carbons (Fsp3) is 0.429. The molecular formula is C21H27N5O5S. The number of hydrogen-bond donors (Lipinski definition) is 2. The SMILES string of the molecule is CC(=O)NCC(C(N)=O)c1ccc(-c2nc(CS(C)(=O)=O)cc(N3CCOCC3)n2)cc1. The topological polar surface area (TPSA) is 145 Å². The first-order valence-corrected chi connectivity index (χ1v) is 12.2. The quantitative estimate of drug-likeness (QED) is 0.568. The smallest absolute Gasteiger partial charge is 0.226 e. The highest BCUT2D eigenvalue weighted by molar-refractivity contribution is 7.89. The summed E-state index contributed by atoms with van der Waals surface area (Å²) in [6, 6.07) is 8.66. The minimum Gasteiger partial charge on any atom is -0.378 e. The molecule has 10 nitrogen and oxygen atoms in total. The van der Waals surface area contributed by atoms with Crippen molar-refractivity contribution in [2.45, 2.75) is 18.6 Å². The molecule has 1 unspecified atom stereocenters. The zero-order valence-corrected chi connectivity index (χ0v) is 18.9. The second-order valence-corrected chi connectivity index (χ2v) is 9.86. The average Bonchev–Trinajstić information content (AvgIpc) is 2.73. The summed E-state index contributed by atoms with van der Waals surface area (Å²) in [5.41, 5.74) is 7.22. The van der Waals surface area contributed by atoms with Gasteiger partial charge in [-0.25, -0.2) is 18.4 Å². The summed E-state index contributed by atoms with van der Waals surface area (Å²) in [6.45, 7) is 3.91. The fourth-order valence-corrected chi connectivity index (χ4v) is 4.09. The predicted octanol–water partition coefficient (Wildman–Crippen LogP) is 0.230. The number of nitrogens with one attached hydrogen (secondary N) is 1. The molecule has 3 rings (SSSR count). The third kappa shape index (κ3) is 6.47. The van der Waals surface area contributed by atoms with Gasteiger partial charge in [0.2, 0.25) is 11.8 Å². The fourth-order valence-electron chi connectivity index (χ4n) is 3.40. The molecule has 2 heterocycles. The summed E-state index contributed by atoms with van der Waals surface area (Å²) in [6.07, 6.45) is 1.16. The van der Waals surface area contributed by atoms with E-state index in [1.54, 1.807) is 30.3 Å². The lowest BCUT2D eigenvalue weighted by Crippen LogP contribution is -2.37. The Balaban J connectivity index is 1.93. The number of nitrogens with two attached hydrogens (primary N) is 1. The molecule has 1 saturated heterocycles. The highest BCUT2D eigenvalue weighted by Gasteiger charge is 2.20. The van der Waals surface area contributed by atoms with Crippen LogP contribution in [0, 0.1) is 0 Å². The minimum absolute atomic E-state index is 0.103. The van der Waals surface area contributed by atoms with E-state index in [0.29, 0.717) is 54.8 Å². The number of amides is 2. The van der Waals surface area contributed by atoms with Crippen LogP contribution in [0.5, 0.6) is 0 Å². The van der Waals surface area contributed by atoms with Crippen LogP contribution in [-0.4, -0.2) is 69.3 Å². The standard InChI is InChI=1S/C21H27N5O5S/c1-14(27)23-12-18(20(22)28)15-3-5-16(6-4-15)21-24-17(13-32(2,29)30)11-19(25-21)26-7-9-31-10-8-26/h3-6,11,18H,7-10,12-13H2,1-2H3,(H2,22,28)(H,23,27). The van der Waals surface area contributed by atoms with Crippen LogP contribution in [0.25, 0.3) is 11.4 Å². The van der Waals surface area contributed by atoms with Gasteiger partial charge in [0.1, 0.15) is 5.82 Å². The van der Waals surface area contributed by atoms with Gasteiger partial charge in [0.05, 0.1) is 30.6 Å². The summed E-state index contributed by atoms with van der Waals surface area (Å²) in [5, 5.41) is 2.61. The first-order valence-electron chi connectivity index (χ1n) is 10.1. The number of primary amides is 1. The normalized spacial score (nSPS) is 15.2. The number of carbonyl (C=O) groups excluding carboxylic acids is 2. The van der Waals surface area contributed by atoms with Crippen LogP contribution >= 0.6 is 0 Å². The van der Waals surface area contributed by atoms with Crippen LogP contribution in [0.1, 0.15) is 24.1 Å².